The van der Waals surface area contributed by atoms with Gasteiger partial charge >= 0.3 is 6.16 Å². The van der Waals surface area contributed by atoms with Gasteiger partial charge in [-0.1, -0.05) is 13.2 Å². The second-order valence-electron chi connectivity index (χ2n) is 3.85. The quantitative estimate of drug-likeness (QED) is 0.490. The Bertz CT molecular complexity index is 334. The Balaban J connectivity index is 3.67. The maximum absolute atomic E-state index is 11.1. The lowest BCUT2D eigenvalue weighted by atomic mass is 10.2. The van der Waals surface area contributed by atoms with Crippen molar-refractivity contribution in [3.63, 3.8) is 0 Å². The smallest absolute Gasteiger partial charge is 0.434 e. The fourth-order valence-corrected chi connectivity index (χ4v) is 0.923. The molecule has 0 radical (unpaired) electrons. The molecule has 0 aliphatic heterocycles. The van der Waals surface area contributed by atoms with Crippen molar-refractivity contribution in [1.29, 1.82) is 0 Å². The van der Waals surface area contributed by atoms with E-state index in [0.29, 0.717) is 11.1 Å². The number of rotatable bonds is 8. The van der Waals surface area contributed by atoms with Gasteiger partial charge in [0.2, 0.25) is 0 Å². The minimum absolute atomic E-state index is 0.0566. The molecule has 0 fully saturated rings. The van der Waals surface area contributed by atoms with Crippen LogP contribution in [0.15, 0.2) is 24.3 Å². The maximum atomic E-state index is 11.1. The molecule has 0 aliphatic rings. The van der Waals surface area contributed by atoms with Crippen LogP contribution in [-0.2, 0) is 19.1 Å². The molecular weight excluding hydrogens is 236 g/mol. The highest BCUT2D eigenvalue weighted by atomic mass is 16.7. The molecule has 0 aromatic heterocycles. The second kappa shape index (κ2) is 8.22. The molecule has 100 valence electrons. The van der Waals surface area contributed by atoms with Crippen LogP contribution in [0.3, 0.4) is 0 Å². The van der Waals surface area contributed by atoms with Crippen molar-refractivity contribution >= 4 is 17.7 Å². The third kappa shape index (κ3) is 7.38. The Hall–Kier alpha value is -1.91. The summed E-state index contributed by atoms with van der Waals surface area (Å²) >= 11 is 0. The van der Waals surface area contributed by atoms with Gasteiger partial charge in [-0.15, -0.1) is 0 Å². The van der Waals surface area contributed by atoms with Gasteiger partial charge in [-0.2, -0.15) is 0 Å². The van der Waals surface area contributed by atoms with E-state index in [0.717, 1.165) is 0 Å². The van der Waals surface area contributed by atoms with Crippen molar-refractivity contribution in [2.24, 2.45) is 0 Å². The summed E-state index contributed by atoms with van der Waals surface area (Å²) in [6.45, 7) is 10.0. The standard InChI is InChI=1S/C13H18O5/c1-9(2)11(14)5-7-17-13(16)18-8-6-12(15)10(3)4/h1,3,5-8H2,2,4H3. The zero-order valence-corrected chi connectivity index (χ0v) is 10.8. The maximum Gasteiger partial charge on any atom is 0.508 e. The van der Waals surface area contributed by atoms with E-state index in [2.05, 4.69) is 22.6 Å². The van der Waals surface area contributed by atoms with E-state index in [-0.39, 0.29) is 37.6 Å². The van der Waals surface area contributed by atoms with E-state index in [1.165, 1.54) is 0 Å². The van der Waals surface area contributed by atoms with Crippen LogP contribution in [0.25, 0.3) is 0 Å². The Morgan fingerprint density at radius 2 is 1.17 bits per heavy atom. The van der Waals surface area contributed by atoms with Crippen LogP contribution in [0, 0.1) is 0 Å². The van der Waals surface area contributed by atoms with E-state index in [1.807, 2.05) is 0 Å². The normalized spacial score (nSPS) is 9.44. The summed E-state index contributed by atoms with van der Waals surface area (Å²) in [6.07, 6.45) is -0.733. The summed E-state index contributed by atoms with van der Waals surface area (Å²) < 4.78 is 9.30. The fraction of sp³-hybridized carbons (Fsp3) is 0.462. The summed E-state index contributed by atoms with van der Waals surface area (Å²) in [4.78, 5) is 33.3. The van der Waals surface area contributed by atoms with Gasteiger partial charge in [-0.05, 0) is 25.0 Å². The van der Waals surface area contributed by atoms with Crippen molar-refractivity contribution in [2.75, 3.05) is 13.2 Å². The lowest BCUT2D eigenvalue weighted by molar-refractivity contribution is -0.116. The molecule has 0 amide bonds. The van der Waals surface area contributed by atoms with Gasteiger partial charge in [0, 0.05) is 12.8 Å². The van der Waals surface area contributed by atoms with Gasteiger partial charge in [-0.25, -0.2) is 4.79 Å². The Morgan fingerprint density at radius 3 is 1.44 bits per heavy atom. The molecule has 5 heteroatoms. The van der Waals surface area contributed by atoms with Gasteiger partial charge in [0.1, 0.15) is 13.2 Å². The molecule has 0 spiro atoms. The number of Topliss-reactive ketones (excluding diaryl/α,β-unsaturated/α-hetero) is 2. The van der Waals surface area contributed by atoms with Gasteiger partial charge in [0.15, 0.2) is 11.6 Å². The molecule has 0 unspecified atom stereocenters. The first-order valence-electron chi connectivity index (χ1n) is 5.51. The van der Waals surface area contributed by atoms with E-state index in [9.17, 15) is 14.4 Å². The molecule has 18 heavy (non-hydrogen) atoms. The predicted octanol–water partition coefficient (Wildman–Crippen LogP) is 2.21. The number of carbonyl (C=O) groups excluding carboxylic acids is 3. The van der Waals surface area contributed by atoms with Gasteiger partial charge in [0.05, 0.1) is 0 Å². The Kier molecular flexibility index (Phi) is 7.35. The zero-order valence-electron chi connectivity index (χ0n) is 10.8. The average molecular weight is 254 g/mol. The first-order valence-corrected chi connectivity index (χ1v) is 5.51. The molecular formula is C13H18O5. The van der Waals surface area contributed by atoms with E-state index < -0.39 is 6.16 Å². The van der Waals surface area contributed by atoms with Gasteiger partial charge in [-0.3, -0.25) is 9.59 Å². The van der Waals surface area contributed by atoms with Crippen LogP contribution in [0.5, 0.6) is 0 Å². The molecule has 0 saturated heterocycles. The highest BCUT2D eigenvalue weighted by Gasteiger charge is 2.09. The zero-order chi connectivity index (χ0) is 14.1. The summed E-state index contributed by atoms with van der Waals surface area (Å²) in [5, 5.41) is 0. The lowest BCUT2D eigenvalue weighted by Gasteiger charge is -2.05. The number of hydrogen-bond donors (Lipinski definition) is 0. The van der Waals surface area contributed by atoms with Crippen molar-refractivity contribution in [1.82, 2.24) is 0 Å². The van der Waals surface area contributed by atoms with Crippen LogP contribution < -0.4 is 0 Å². The minimum Gasteiger partial charge on any atom is -0.434 e. The minimum atomic E-state index is -0.890. The van der Waals surface area contributed by atoms with E-state index in [1.54, 1.807) is 13.8 Å². The van der Waals surface area contributed by atoms with Crippen LogP contribution >= 0.6 is 0 Å². The van der Waals surface area contributed by atoms with Crippen molar-refractivity contribution in [3.8, 4) is 0 Å². The van der Waals surface area contributed by atoms with Crippen LogP contribution in [-0.4, -0.2) is 30.9 Å². The molecule has 0 atom stereocenters. The summed E-state index contributed by atoms with van der Waals surface area (Å²) in [5.41, 5.74) is 0.832. The third-order valence-electron chi connectivity index (χ3n) is 2.05. The second-order valence-corrected chi connectivity index (χ2v) is 3.85. The third-order valence-corrected chi connectivity index (χ3v) is 2.05. The highest BCUT2D eigenvalue weighted by molar-refractivity contribution is 5.94. The largest absolute Gasteiger partial charge is 0.508 e. The topological polar surface area (TPSA) is 69.7 Å². The summed E-state index contributed by atoms with van der Waals surface area (Å²) in [7, 11) is 0. The first kappa shape index (κ1) is 16.1. The van der Waals surface area contributed by atoms with Crippen LogP contribution in [0.1, 0.15) is 26.7 Å². The molecule has 0 saturated carbocycles. The summed E-state index contributed by atoms with van der Waals surface area (Å²) in [6, 6.07) is 0. The molecule has 0 aromatic rings. The monoisotopic (exact) mass is 254 g/mol. The van der Waals surface area contributed by atoms with Crippen LogP contribution in [0.4, 0.5) is 4.79 Å². The van der Waals surface area contributed by atoms with Crippen molar-refractivity contribution in [3.05, 3.63) is 24.3 Å². The number of hydrogen-bond acceptors (Lipinski definition) is 5. The van der Waals surface area contributed by atoms with Gasteiger partial charge in [0.25, 0.3) is 0 Å². The molecule has 0 bridgehead atoms. The summed E-state index contributed by atoms with van der Waals surface area (Å²) in [5.74, 6) is -0.333. The molecule has 0 aromatic carbocycles. The molecule has 0 aliphatic carbocycles. The van der Waals surface area contributed by atoms with Crippen LogP contribution in [0.2, 0.25) is 0 Å². The highest BCUT2D eigenvalue weighted by Crippen LogP contribution is 1.99. The van der Waals surface area contributed by atoms with Gasteiger partial charge < -0.3 is 9.47 Å². The van der Waals surface area contributed by atoms with Crippen molar-refractivity contribution in [2.45, 2.75) is 26.7 Å². The lowest BCUT2D eigenvalue weighted by Crippen LogP contribution is -2.14. The molecule has 5 nitrogen and oxygen atoms in total. The average Bonchev–Trinajstić information content (AvgIpc) is 2.28. The molecule has 0 heterocycles. The first-order chi connectivity index (χ1) is 8.34. The molecule has 0 rings (SSSR count). The molecule has 0 N–H and O–H groups in total. The fourth-order valence-electron chi connectivity index (χ4n) is 0.923. The number of allylic oxidation sites excluding steroid dienone is 2. The Labute approximate surface area is 106 Å². The van der Waals surface area contributed by atoms with E-state index in [4.69, 9.17) is 0 Å². The van der Waals surface area contributed by atoms with E-state index >= 15 is 0 Å². The SMILES string of the molecule is C=C(C)C(=O)CCOC(=O)OCCC(=O)C(=C)C. The Morgan fingerprint density at radius 1 is 0.833 bits per heavy atom. The predicted molar refractivity (Wildman–Crippen MR) is 66.2 cm³/mol. The van der Waals surface area contributed by atoms with Crippen molar-refractivity contribution < 1.29 is 23.9 Å². The number of ketones is 2. The number of ether oxygens (including phenoxy) is 2. The number of carbonyl (C=O) groups is 3.